The van der Waals surface area contributed by atoms with E-state index >= 15 is 0 Å². The van der Waals surface area contributed by atoms with E-state index in [1.165, 1.54) is 5.56 Å². The quantitative estimate of drug-likeness (QED) is 0.189. The molecular formula is C46H33N5. The number of aromatic nitrogens is 1. The van der Waals surface area contributed by atoms with Crippen LogP contribution >= 0.6 is 0 Å². The van der Waals surface area contributed by atoms with Gasteiger partial charge in [-0.3, -0.25) is 0 Å². The molecule has 1 aliphatic heterocycles. The van der Waals surface area contributed by atoms with Crippen molar-refractivity contribution < 1.29 is 0 Å². The van der Waals surface area contributed by atoms with Crippen molar-refractivity contribution in [1.82, 2.24) is 4.57 Å². The van der Waals surface area contributed by atoms with Crippen LogP contribution in [0.15, 0.2) is 157 Å². The second kappa shape index (κ2) is 12.9. The molecule has 0 N–H and O–H groups in total. The van der Waals surface area contributed by atoms with Gasteiger partial charge in [-0.2, -0.15) is 15.8 Å². The van der Waals surface area contributed by atoms with Gasteiger partial charge in [-0.25, -0.2) is 0 Å². The standard InChI is InChI=1S/C46H33N5/c1-46(31-49)28-35(38-17-6-9-20-42(38)51-43-21-10-7-18-39(43)40-25-32(29-47)22-23-44(40)51)26-36(30-48)45(46)34-15-12-16-37(27-34)50-24-11-3-2-4-13-33-14-5-8-19-41(33)50/h2-12,14-23,25-28,45H,13,24H2,1H3/b4-2-,11-3-. The minimum absolute atomic E-state index is 0.467. The summed E-state index contributed by atoms with van der Waals surface area (Å²) < 4.78 is 2.22. The van der Waals surface area contributed by atoms with Crippen molar-refractivity contribution in [2.24, 2.45) is 5.41 Å². The molecule has 51 heavy (non-hydrogen) atoms. The second-order valence-electron chi connectivity index (χ2n) is 13.2. The van der Waals surface area contributed by atoms with Crippen LogP contribution in [0.3, 0.4) is 0 Å². The van der Waals surface area contributed by atoms with Crippen molar-refractivity contribution in [2.45, 2.75) is 19.3 Å². The summed E-state index contributed by atoms with van der Waals surface area (Å²) in [5.41, 5.74) is 9.10. The average Bonchev–Trinajstić information content (AvgIpc) is 3.55. The molecule has 5 heteroatoms. The molecule has 0 saturated carbocycles. The molecule has 0 bridgehead atoms. The molecule has 0 spiro atoms. The number of benzene rings is 5. The highest BCUT2D eigenvalue weighted by atomic mass is 15.1. The first-order valence-electron chi connectivity index (χ1n) is 17.1. The van der Waals surface area contributed by atoms with E-state index in [-0.39, 0.29) is 0 Å². The van der Waals surface area contributed by atoms with Gasteiger partial charge in [-0.05, 0) is 84.7 Å². The Morgan fingerprint density at radius 2 is 1.47 bits per heavy atom. The van der Waals surface area contributed by atoms with Crippen LogP contribution in [0.5, 0.6) is 0 Å². The van der Waals surface area contributed by atoms with E-state index in [1.807, 2.05) is 73.7 Å². The molecule has 6 aromatic rings. The monoisotopic (exact) mass is 655 g/mol. The fraction of sp³-hybridized carbons (Fsp3) is 0.109. The van der Waals surface area contributed by atoms with E-state index in [0.717, 1.165) is 62.0 Å². The van der Waals surface area contributed by atoms with Gasteiger partial charge in [0.15, 0.2) is 0 Å². The van der Waals surface area contributed by atoms with Crippen LogP contribution < -0.4 is 4.90 Å². The first-order valence-corrected chi connectivity index (χ1v) is 17.1. The van der Waals surface area contributed by atoms with Crippen LogP contribution in [-0.2, 0) is 6.42 Å². The molecule has 5 nitrogen and oxygen atoms in total. The maximum atomic E-state index is 10.9. The number of hydrogen-bond acceptors (Lipinski definition) is 4. The normalized spacial score (nSPS) is 19.6. The maximum absolute atomic E-state index is 10.9. The summed E-state index contributed by atoms with van der Waals surface area (Å²) >= 11 is 0. The Bertz CT molecular complexity index is 2610. The van der Waals surface area contributed by atoms with Gasteiger partial charge >= 0.3 is 0 Å². The molecule has 0 saturated heterocycles. The van der Waals surface area contributed by atoms with Crippen molar-refractivity contribution in [3.05, 3.63) is 180 Å². The van der Waals surface area contributed by atoms with Crippen LogP contribution in [0.2, 0.25) is 0 Å². The van der Waals surface area contributed by atoms with Crippen LogP contribution in [0.1, 0.15) is 35.1 Å². The van der Waals surface area contributed by atoms with Crippen molar-refractivity contribution in [2.75, 3.05) is 11.4 Å². The van der Waals surface area contributed by atoms with E-state index in [9.17, 15) is 15.8 Å². The Labute approximate surface area is 297 Å². The van der Waals surface area contributed by atoms with Gasteiger partial charge < -0.3 is 9.47 Å². The Morgan fingerprint density at radius 3 is 2.31 bits per heavy atom. The highest BCUT2D eigenvalue weighted by molar-refractivity contribution is 6.10. The summed E-state index contributed by atoms with van der Waals surface area (Å²) in [5.74, 6) is -0.467. The molecule has 2 aliphatic rings. The number of fused-ring (bicyclic) bond motifs is 4. The molecule has 2 atom stereocenters. The van der Waals surface area contributed by atoms with Gasteiger partial charge in [-0.15, -0.1) is 0 Å². The van der Waals surface area contributed by atoms with Crippen molar-refractivity contribution >= 4 is 38.8 Å². The summed E-state index contributed by atoms with van der Waals surface area (Å²) in [7, 11) is 0. The third-order valence-electron chi connectivity index (χ3n) is 10.1. The second-order valence-corrected chi connectivity index (χ2v) is 13.2. The first-order chi connectivity index (χ1) is 25.0. The highest BCUT2D eigenvalue weighted by Gasteiger charge is 2.40. The zero-order valence-corrected chi connectivity index (χ0v) is 28.2. The van der Waals surface area contributed by atoms with Crippen molar-refractivity contribution in [1.29, 1.82) is 15.8 Å². The van der Waals surface area contributed by atoms with E-state index in [0.29, 0.717) is 17.7 Å². The number of anilines is 2. The Hall–Kier alpha value is -6.87. The fourth-order valence-corrected chi connectivity index (χ4v) is 7.79. The lowest BCUT2D eigenvalue weighted by Gasteiger charge is -2.34. The van der Waals surface area contributed by atoms with Gasteiger partial charge in [0.2, 0.25) is 0 Å². The van der Waals surface area contributed by atoms with E-state index < -0.39 is 11.3 Å². The number of para-hydroxylation sites is 3. The molecule has 1 aromatic heterocycles. The van der Waals surface area contributed by atoms with Gasteiger partial charge in [0.05, 0.1) is 45.9 Å². The van der Waals surface area contributed by atoms with E-state index in [2.05, 4.69) is 113 Å². The molecule has 0 fully saturated rings. The number of nitrogens with zero attached hydrogens (tertiary/aromatic N) is 5. The summed E-state index contributed by atoms with van der Waals surface area (Å²) in [6.45, 7) is 2.62. The zero-order valence-electron chi connectivity index (χ0n) is 28.2. The van der Waals surface area contributed by atoms with Crippen molar-refractivity contribution in [3.63, 3.8) is 0 Å². The molecule has 0 amide bonds. The summed E-state index contributed by atoms with van der Waals surface area (Å²) in [6, 6.07) is 46.3. The van der Waals surface area contributed by atoms with Crippen LogP contribution in [0.25, 0.3) is 33.1 Å². The molecule has 2 heterocycles. The Balaban J connectivity index is 1.25. The predicted octanol–water partition coefficient (Wildman–Crippen LogP) is 10.6. The fourth-order valence-electron chi connectivity index (χ4n) is 7.79. The molecule has 1 aliphatic carbocycles. The Kier molecular flexibility index (Phi) is 7.92. The van der Waals surface area contributed by atoms with Crippen LogP contribution in [0.4, 0.5) is 11.4 Å². The van der Waals surface area contributed by atoms with E-state index in [1.54, 1.807) is 0 Å². The molecule has 242 valence electrons. The molecule has 8 rings (SSSR count). The van der Waals surface area contributed by atoms with Crippen molar-refractivity contribution in [3.8, 4) is 23.9 Å². The summed E-state index contributed by atoms with van der Waals surface area (Å²) in [5, 5.41) is 33.3. The Morgan fingerprint density at radius 1 is 0.706 bits per heavy atom. The summed E-state index contributed by atoms with van der Waals surface area (Å²) in [4.78, 5) is 2.30. The minimum atomic E-state index is -1.02. The van der Waals surface area contributed by atoms with Crippen LogP contribution in [-0.4, -0.2) is 11.1 Å². The molecule has 5 aromatic carbocycles. The largest absolute Gasteiger partial charge is 0.337 e. The summed E-state index contributed by atoms with van der Waals surface area (Å²) in [6.07, 6.45) is 13.3. The number of rotatable bonds is 4. The third kappa shape index (κ3) is 5.41. The van der Waals surface area contributed by atoms with E-state index in [4.69, 9.17) is 0 Å². The topological polar surface area (TPSA) is 79.5 Å². The number of allylic oxidation sites excluding steroid dienone is 7. The lowest BCUT2D eigenvalue weighted by Crippen LogP contribution is -2.27. The number of nitriles is 3. The third-order valence-corrected chi connectivity index (χ3v) is 10.1. The van der Waals surface area contributed by atoms with Gasteiger partial charge in [0, 0.05) is 45.7 Å². The first kappa shape index (κ1) is 31.4. The zero-order chi connectivity index (χ0) is 35.0. The van der Waals surface area contributed by atoms with Crippen LogP contribution in [0, 0.1) is 39.4 Å². The SMILES string of the molecule is CC1(C#N)C=C(c2ccccc2-n2c3ccccc3c3cc(C#N)ccc32)C=C(C#N)C1c1cccc(N2C/C=C\C=C/Cc3ccccc32)c1. The number of hydrogen-bond donors (Lipinski definition) is 0. The lowest BCUT2D eigenvalue weighted by atomic mass is 9.66. The highest BCUT2D eigenvalue weighted by Crippen LogP contribution is 2.49. The maximum Gasteiger partial charge on any atom is 0.0991 e. The average molecular weight is 656 g/mol. The molecular weight excluding hydrogens is 623 g/mol. The lowest BCUT2D eigenvalue weighted by molar-refractivity contribution is 0.489. The van der Waals surface area contributed by atoms with Gasteiger partial charge in [-0.1, -0.05) is 97.1 Å². The molecule has 0 radical (unpaired) electrons. The minimum Gasteiger partial charge on any atom is -0.337 e. The molecule has 2 unspecified atom stereocenters. The predicted molar refractivity (Wildman–Crippen MR) is 206 cm³/mol. The van der Waals surface area contributed by atoms with Gasteiger partial charge in [0.25, 0.3) is 0 Å². The van der Waals surface area contributed by atoms with Gasteiger partial charge in [0.1, 0.15) is 0 Å². The smallest absolute Gasteiger partial charge is 0.0991 e.